The van der Waals surface area contributed by atoms with Crippen LogP contribution in [-0.4, -0.2) is 47.2 Å². The van der Waals surface area contributed by atoms with E-state index in [-0.39, 0.29) is 0 Å². The molecule has 1 aromatic heterocycles. The summed E-state index contributed by atoms with van der Waals surface area (Å²) in [6, 6.07) is 0.737. The zero-order valence-corrected chi connectivity index (χ0v) is 11.3. The second-order valence-electron chi connectivity index (χ2n) is 6.19. The molecule has 3 rings (SSSR count). The second kappa shape index (κ2) is 5.02. The minimum absolute atomic E-state index is 0.518. The van der Waals surface area contributed by atoms with Crippen molar-refractivity contribution in [3.8, 4) is 0 Å². The fourth-order valence-corrected chi connectivity index (χ4v) is 2.91. The summed E-state index contributed by atoms with van der Waals surface area (Å²) in [7, 11) is 2.22. The molecule has 0 bridgehead atoms. The van der Waals surface area contributed by atoms with Gasteiger partial charge in [0, 0.05) is 36.9 Å². The van der Waals surface area contributed by atoms with Gasteiger partial charge in [-0.15, -0.1) is 0 Å². The molecule has 18 heavy (non-hydrogen) atoms. The largest absolute Gasteiger partial charge is 0.337 e. The third kappa shape index (κ3) is 2.93. The van der Waals surface area contributed by atoms with Gasteiger partial charge in [0.2, 0.25) is 0 Å². The number of hydrogen-bond donors (Lipinski definition) is 1. The minimum atomic E-state index is 0.518. The SMILES string of the molecule is CN1CCC(NCC2(Cn3ccnc3)CC2)CC1. The molecule has 0 aromatic carbocycles. The second-order valence-corrected chi connectivity index (χ2v) is 6.19. The van der Waals surface area contributed by atoms with Crippen LogP contribution in [0.5, 0.6) is 0 Å². The van der Waals surface area contributed by atoms with E-state index in [0.717, 1.165) is 12.6 Å². The molecule has 0 amide bonds. The normalized spacial score (nSPS) is 24.3. The maximum Gasteiger partial charge on any atom is 0.0946 e. The first-order valence-electron chi connectivity index (χ1n) is 7.13. The fraction of sp³-hybridized carbons (Fsp3) is 0.786. The Morgan fingerprint density at radius 1 is 1.33 bits per heavy atom. The summed E-state index contributed by atoms with van der Waals surface area (Å²) in [5.74, 6) is 0. The van der Waals surface area contributed by atoms with E-state index in [9.17, 15) is 0 Å². The Morgan fingerprint density at radius 2 is 2.11 bits per heavy atom. The lowest BCUT2D eigenvalue weighted by Crippen LogP contribution is -2.43. The van der Waals surface area contributed by atoms with E-state index in [1.54, 1.807) is 0 Å². The first-order chi connectivity index (χ1) is 8.76. The predicted molar refractivity (Wildman–Crippen MR) is 72.4 cm³/mol. The first-order valence-corrected chi connectivity index (χ1v) is 7.13. The topological polar surface area (TPSA) is 33.1 Å². The summed E-state index contributed by atoms with van der Waals surface area (Å²) >= 11 is 0. The number of hydrogen-bond acceptors (Lipinski definition) is 3. The number of aromatic nitrogens is 2. The predicted octanol–water partition coefficient (Wildman–Crippen LogP) is 1.35. The summed E-state index contributed by atoms with van der Waals surface area (Å²) in [5.41, 5.74) is 0.518. The van der Waals surface area contributed by atoms with Crippen molar-refractivity contribution in [2.45, 2.75) is 38.3 Å². The summed E-state index contributed by atoms with van der Waals surface area (Å²) in [5, 5.41) is 3.80. The molecule has 2 aliphatic rings. The molecule has 1 N–H and O–H groups in total. The van der Waals surface area contributed by atoms with Crippen LogP contribution >= 0.6 is 0 Å². The van der Waals surface area contributed by atoms with Gasteiger partial charge in [0.15, 0.2) is 0 Å². The lowest BCUT2D eigenvalue weighted by molar-refractivity contribution is 0.225. The molecule has 0 radical (unpaired) electrons. The lowest BCUT2D eigenvalue weighted by Gasteiger charge is -2.31. The van der Waals surface area contributed by atoms with Crippen LogP contribution in [0.25, 0.3) is 0 Å². The summed E-state index contributed by atoms with van der Waals surface area (Å²) in [6.07, 6.45) is 11.2. The number of nitrogens with one attached hydrogen (secondary N) is 1. The smallest absolute Gasteiger partial charge is 0.0946 e. The average molecular weight is 248 g/mol. The Bertz CT molecular complexity index is 361. The monoisotopic (exact) mass is 248 g/mol. The lowest BCUT2D eigenvalue weighted by atomic mass is 10.0. The highest BCUT2D eigenvalue weighted by Gasteiger charge is 2.42. The maximum atomic E-state index is 4.13. The molecule has 1 saturated heterocycles. The van der Waals surface area contributed by atoms with E-state index in [1.165, 1.54) is 45.3 Å². The molecule has 0 spiro atoms. The number of likely N-dealkylation sites (tertiary alicyclic amines) is 1. The van der Waals surface area contributed by atoms with Gasteiger partial charge in [-0.25, -0.2) is 4.98 Å². The molecule has 2 fully saturated rings. The van der Waals surface area contributed by atoms with E-state index in [1.807, 2.05) is 12.5 Å². The number of rotatable bonds is 5. The fourth-order valence-electron chi connectivity index (χ4n) is 2.91. The van der Waals surface area contributed by atoms with Crippen molar-refractivity contribution in [1.29, 1.82) is 0 Å². The molecular formula is C14H24N4. The Morgan fingerprint density at radius 3 is 2.72 bits per heavy atom. The van der Waals surface area contributed by atoms with Gasteiger partial charge < -0.3 is 14.8 Å². The van der Waals surface area contributed by atoms with Crippen LogP contribution in [0, 0.1) is 5.41 Å². The third-order valence-electron chi connectivity index (χ3n) is 4.52. The van der Waals surface area contributed by atoms with Crippen molar-refractivity contribution in [2.75, 3.05) is 26.7 Å². The van der Waals surface area contributed by atoms with Crippen LogP contribution in [0.1, 0.15) is 25.7 Å². The minimum Gasteiger partial charge on any atom is -0.337 e. The van der Waals surface area contributed by atoms with Crippen molar-refractivity contribution in [2.24, 2.45) is 5.41 Å². The van der Waals surface area contributed by atoms with Crippen LogP contribution in [0.4, 0.5) is 0 Å². The maximum absolute atomic E-state index is 4.13. The molecule has 4 heteroatoms. The van der Waals surface area contributed by atoms with Crippen molar-refractivity contribution < 1.29 is 0 Å². The first kappa shape index (κ1) is 12.2. The number of imidazole rings is 1. The van der Waals surface area contributed by atoms with Crippen molar-refractivity contribution in [3.05, 3.63) is 18.7 Å². The van der Waals surface area contributed by atoms with Crippen molar-refractivity contribution in [3.63, 3.8) is 0 Å². The zero-order chi connectivity index (χ0) is 12.4. The standard InChI is InChI=1S/C14H24N4/c1-17-7-2-13(3-8-17)16-10-14(4-5-14)11-18-9-6-15-12-18/h6,9,12-13,16H,2-5,7-8,10-11H2,1H3. The third-order valence-corrected chi connectivity index (χ3v) is 4.52. The quantitative estimate of drug-likeness (QED) is 0.854. The highest BCUT2D eigenvalue weighted by atomic mass is 15.1. The Hall–Kier alpha value is -0.870. The van der Waals surface area contributed by atoms with Crippen LogP contribution in [0.2, 0.25) is 0 Å². The molecular weight excluding hydrogens is 224 g/mol. The molecule has 1 aliphatic carbocycles. The van der Waals surface area contributed by atoms with Crippen molar-refractivity contribution in [1.82, 2.24) is 19.8 Å². The van der Waals surface area contributed by atoms with Gasteiger partial charge in [-0.05, 0) is 45.8 Å². The van der Waals surface area contributed by atoms with Crippen molar-refractivity contribution >= 4 is 0 Å². The highest BCUT2D eigenvalue weighted by molar-refractivity contribution is 4.97. The molecule has 1 aliphatic heterocycles. The Balaban J connectivity index is 1.45. The van der Waals surface area contributed by atoms with Gasteiger partial charge in [-0.3, -0.25) is 0 Å². The molecule has 0 atom stereocenters. The average Bonchev–Trinajstić information content (AvgIpc) is 2.94. The van der Waals surface area contributed by atoms with Gasteiger partial charge in [0.25, 0.3) is 0 Å². The van der Waals surface area contributed by atoms with Crippen LogP contribution in [0.15, 0.2) is 18.7 Å². The highest BCUT2D eigenvalue weighted by Crippen LogP contribution is 2.46. The molecule has 100 valence electrons. The Kier molecular flexibility index (Phi) is 3.39. The van der Waals surface area contributed by atoms with Gasteiger partial charge in [-0.1, -0.05) is 0 Å². The summed E-state index contributed by atoms with van der Waals surface area (Å²) in [6.45, 7) is 4.80. The number of piperidine rings is 1. The number of nitrogens with zero attached hydrogens (tertiary/aromatic N) is 3. The molecule has 2 heterocycles. The van der Waals surface area contributed by atoms with Gasteiger partial charge in [0.1, 0.15) is 0 Å². The van der Waals surface area contributed by atoms with Gasteiger partial charge in [0.05, 0.1) is 6.33 Å². The van der Waals surface area contributed by atoms with Crippen LogP contribution in [-0.2, 0) is 6.54 Å². The Labute approximate surface area is 109 Å². The molecule has 1 aromatic rings. The van der Waals surface area contributed by atoms with E-state index in [2.05, 4.69) is 33.0 Å². The molecule has 1 saturated carbocycles. The van der Waals surface area contributed by atoms with Crippen LogP contribution < -0.4 is 5.32 Å². The van der Waals surface area contributed by atoms with E-state index in [4.69, 9.17) is 0 Å². The zero-order valence-electron chi connectivity index (χ0n) is 11.3. The summed E-state index contributed by atoms with van der Waals surface area (Å²) < 4.78 is 2.23. The summed E-state index contributed by atoms with van der Waals surface area (Å²) in [4.78, 5) is 6.56. The van der Waals surface area contributed by atoms with E-state index < -0.39 is 0 Å². The van der Waals surface area contributed by atoms with Gasteiger partial charge >= 0.3 is 0 Å². The molecule has 4 nitrogen and oxygen atoms in total. The molecule has 0 unspecified atom stereocenters. The van der Waals surface area contributed by atoms with E-state index in [0.29, 0.717) is 5.41 Å². The van der Waals surface area contributed by atoms with E-state index >= 15 is 0 Å². The van der Waals surface area contributed by atoms with Crippen LogP contribution in [0.3, 0.4) is 0 Å². The van der Waals surface area contributed by atoms with Gasteiger partial charge in [-0.2, -0.15) is 0 Å².